The summed E-state index contributed by atoms with van der Waals surface area (Å²) < 4.78 is 29.1. The molecule has 0 aliphatic carbocycles. The number of rotatable bonds is 6. The minimum atomic E-state index is -2.91. The molecule has 0 saturated carbocycles. The molecule has 0 radical (unpaired) electrons. The van der Waals surface area contributed by atoms with Gasteiger partial charge in [0.15, 0.2) is 9.84 Å². The molecular formula is C16H25NO3S. The van der Waals surface area contributed by atoms with E-state index in [2.05, 4.69) is 31.3 Å². The molecule has 1 aromatic rings. The van der Waals surface area contributed by atoms with Crippen molar-refractivity contribution < 1.29 is 13.2 Å². The van der Waals surface area contributed by atoms with Gasteiger partial charge in [-0.15, -0.1) is 0 Å². The first-order valence-electron chi connectivity index (χ1n) is 7.62. The average molecular weight is 311 g/mol. The van der Waals surface area contributed by atoms with Crippen LogP contribution in [0.5, 0.6) is 5.75 Å². The molecule has 1 N–H and O–H groups in total. The third kappa shape index (κ3) is 4.45. The Labute approximate surface area is 127 Å². The Bertz CT molecular complexity index is 583. The summed E-state index contributed by atoms with van der Waals surface area (Å²) in [4.78, 5) is 0. The molecule has 2 unspecified atom stereocenters. The predicted octanol–water partition coefficient (Wildman–Crippen LogP) is 2.62. The summed E-state index contributed by atoms with van der Waals surface area (Å²) in [5.41, 5.74) is 2.22. The van der Waals surface area contributed by atoms with E-state index in [0.29, 0.717) is 6.42 Å². The number of nitrogens with one attached hydrogen (secondary N) is 1. The highest BCUT2D eigenvalue weighted by atomic mass is 32.2. The van der Waals surface area contributed by atoms with Crippen molar-refractivity contribution in [2.24, 2.45) is 0 Å². The van der Waals surface area contributed by atoms with Crippen LogP contribution in [0.25, 0.3) is 0 Å². The molecule has 21 heavy (non-hydrogen) atoms. The maximum Gasteiger partial charge on any atom is 0.154 e. The van der Waals surface area contributed by atoms with E-state index >= 15 is 0 Å². The molecule has 1 aliphatic heterocycles. The van der Waals surface area contributed by atoms with Gasteiger partial charge in [0.25, 0.3) is 0 Å². The van der Waals surface area contributed by atoms with E-state index in [-0.39, 0.29) is 23.7 Å². The van der Waals surface area contributed by atoms with E-state index in [1.807, 2.05) is 13.0 Å². The third-order valence-electron chi connectivity index (χ3n) is 3.82. The summed E-state index contributed by atoms with van der Waals surface area (Å²) in [5.74, 6) is 1.19. The SMILES string of the molecule is CCCNC(C)c1ccc(C)cc1OC1CCS(=O)(=O)C1. The largest absolute Gasteiger partial charge is 0.489 e. The highest BCUT2D eigenvalue weighted by molar-refractivity contribution is 7.91. The van der Waals surface area contributed by atoms with Crippen LogP contribution in [0.4, 0.5) is 0 Å². The maximum absolute atomic E-state index is 11.6. The van der Waals surface area contributed by atoms with Crippen LogP contribution >= 0.6 is 0 Å². The number of hydrogen-bond acceptors (Lipinski definition) is 4. The van der Waals surface area contributed by atoms with Crippen molar-refractivity contribution in [3.05, 3.63) is 29.3 Å². The van der Waals surface area contributed by atoms with Gasteiger partial charge in [-0.25, -0.2) is 8.42 Å². The standard InChI is InChI=1S/C16H25NO3S/c1-4-8-17-13(3)15-6-5-12(2)10-16(15)20-14-7-9-21(18,19)11-14/h5-6,10,13-14,17H,4,7-9,11H2,1-3H3. The van der Waals surface area contributed by atoms with Crippen molar-refractivity contribution in [3.8, 4) is 5.75 Å². The lowest BCUT2D eigenvalue weighted by atomic mass is 10.0. The van der Waals surface area contributed by atoms with Crippen molar-refractivity contribution in [1.82, 2.24) is 5.32 Å². The van der Waals surface area contributed by atoms with Gasteiger partial charge >= 0.3 is 0 Å². The molecule has 0 spiro atoms. The summed E-state index contributed by atoms with van der Waals surface area (Å²) in [6.07, 6.45) is 1.45. The molecule has 2 atom stereocenters. The maximum atomic E-state index is 11.6. The lowest BCUT2D eigenvalue weighted by Crippen LogP contribution is -2.22. The van der Waals surface area contributed by atoms with Gasteiger partial charge in [0.2, 0.25) is 0 Å². The quantitative estimate of drug-likeness (QED) is 0.877. The molecule has 1 fully saturated rings. The number of aryl methyl sites for hydroxylation is 1. The highest BCUT2D eigenvalue weighted by Crippen LogP contribution is 2.29. The van der Waals surface area contributed by atoms with Crippen LogP contribution in [0.3, 0.4) is 0 Å². The van der Waals surface area contributed by atoms with Crippen LogP contribution in [0, 0.1) is 6.92 Å². The van der Waals surface area contributed by atoms with E-state index in [1.165, 1.54) is 0 Å². The molecule has 5 heteroatoms. The smallest absolute Gasteiger partial charge is 0.154 e. The van der Waals surface area contributed by atoms with Crippen LogP contribution in [0.1, 0.15) is 43.9 Å². The first-order valence-corrected chi connectivity index (χ1v) is 9.44. The van der Waals surface area contributed by atoms with E-state index in [9.17, 15) is 8.42 Å². The molecule has 118 valence electrons. The van der Waals surface area contributed by atoms with E-state index in [4.69, 9.17) is 4.74 Å². The van der Waals surface area contributed by atoms with Gasteiger partial charge in [0.1, 0.15) is 11.9 Å². The molecular weight excluding hydrogens is 286 g/mol. The van der Waals surface area contributed by atoms with Crippen molar-refractivity contribution in [1.29, 1.82) is 0 Å². The molecule has 1 saturated heterocycles. The molecule has 1 heterocycles. The minimum Gasteiger partial charge on any atom is -0.489 e. The second-order valence-corrected chi connectivity index (χ2v) is 8.09. The van der Waals surface area contributed by atoms with E-state index in [1.54, 1.807) is 0 Å². The number of hydrogen-bond donors (Lipinski definition) is 1. The number of benzene rings is 1. The fourth-order valence-electron chi connectivity index (χ4n) is 2.61. The summed E-state index contributed by atoms with van der Waals surface area (Å²) in [6, 6.07) is 6.34. The van der Waals surface area contributed by atoms with Gasteiger partial charge in [-0.2, -0.15) is 0 Å². The lowest BCUT2D eigenvalue weighted by Gasteiger charge is -2.21. The predicted molar refractivity (Wildman–Crippen MR) is 85.6 cm³/mol. The first-order chi connectivity index (χ1) is 9.91. The van der Waals surface area contributed by atoms with Crippen molar-refractivity contribution in [2.75, 3.05) is 18.1 Å². The average Bonchev–Trinajstić information content (AvgIpc) is 2.75. The molecule has 2 rings (SSSR count). The molecule has 0 amide bonds. The van der Waals surface area contributed by atoms with Gasteiger partial charge in [0.05, 0.1) is 11.5 Å². The van der Waals surface area contributed by atoms with Crippen LogP contribution in [-0.2, 0) is 9.84 Å². The Kier molecular flexibility index (Phi) is 5.27. The summed E-state index contributed by atoms with van der Waals surface area (Å²) in [6.45, 7) is 7.21. The fraction of sp³-hybridized carbons (Fsp3) is 0.625. The Balaban J connectivity index is 2.15. The Morgan fingerprint density at radius 3 is 2.81 bits per heavy atom. The second-order valence-electron chi connectivity index (χ2n) is 5.86. The zero-order chi connectivity index (χ0) is 15.5. The van der Waals surface area contributed by atoms with Gasteiger partial charge in [-0.05, 0) is 44.9 Å². The van der Waals surface area contributed by atoms with Crippen molar-refractivity contribution >= 4 is 9.84 Å². The highest BCUT2D eigenvalue weighted by Gasteiger charge is 2.30. The molecule has 1 aromatic carbocycles. The van der Waals surface area contributed by atoms with Crippen LogP contribution in [0.15, 0.2) is 18.2 Å². The van der Waals surface area contributed by atoms with Crippen LogP contribution in [0.2, 0.25) is 0 Å². The second kappa shape index (κ2) is 6.79. The monoisotopic (exact) mass is 311 g/mol. The van der Waals surface area contributed by atoms with Gasteiger partial charge in [0, 0.05) is 11.6 Å². The summed E-state index contributed by atoms with van der Waals surface area (Å²) in [5, 5.41) is 3.45. The van der Waals surface area contributed by atoms with Gasteiger partial charge < -0.3 is 10.1 Å². The van der Waals surface area contributed by atoms with Crippen LogP contribution in [-0.4, -0.2) is 32.6 Å². The Morgan fingerprint density at radius 2 is 2.19 bits per heavy atom. The van der Waals surface area contributed by atoms with Crippen LogP contribution < -0.4 is 10.1 Å². The van der Waals surface area contributed by atoms with E-state index < -0.39 is 9.84 Å². The number of sulfone groups is 1. The topological polar surface area (TPSA) is 55.4 Å². The van der Waals surface area contributed by atoms with E-state index in [0.717, 1.165) is 29.8 Å². The molecule has 1 aliphatic rings. The number of ether oxygens (including phenoxy) is 1. The van der Waals surface area contributed by atoms with Gasteiger partial charge in [-0.1, -0.05) is 19.1 Å². The first kappa shape index (κ1) is 16.3. The zero-order valence-electron chi connectivity index (χ0n) is 13.1. The Hall–Kier alpha value is -1.07. The third-order valence-corrected chi connectivity index (χ3v) is 5.56. The fourth-order valence-corrected chi connectivity index (χ4v) is 4.20. The zero-order valence-corrected chi connectivity index (χ0v) is 13.9. The Morgan fingerprint density at radius 1 is 1.43 bits per heavy atom. The minimum absolute atomic E-state index is 0.136. The molecule has 0 aromatic heterocycles. The summed E-state index contributed by atoms with van der Waals surface area (Å²) in [7, 11) is -2.91. The molecule has 4 nitrogen and oxygen atoms in total. The lowest BCUT2D eigenvalue weighted by molar-refractivity contribution is 0.225. The van der Waals surface area contributed by atoms with Gasteiger partial charge in [-0.3, -0.25) is 0 Å². The van der Waals surface area contributed by atoms with Crippen molar-refractivity contribution in [2.45, 2.75) is 45.8 Å². The molecule has 0 bridgehead atoms. The normalized spacial score (nSPS) is 22.1. The summed E-state index contributed by atoms with van der Waals surface area (Å²) >= 11 is 0. The van der Waals surface area contributed by atoms with Crippen molar-refractivity contribution in [3.63, 3.8) is 0 Å².